The minimum Gasteiger partial charge on any atom is -0.481 e. The quantitative estimate of drug-likeness (QED) is 0.637. The second kappa shape index (κ2) is 7.65. The number of hydrogen-bond acceptors (Lipinski definition) is 3. The minimum atomic E-state index is -3.23. The molecule has 0 aliphatic carbocycles. The van der Waals surface area contributed by atoms with Crippen molar-refractivity contribution in [2.75, 3.05) is 6.26 Å². The molecule has 0 saturated carbocycles. The first-order chi connectivity index (χ1) is 7.38. The van der Waals surface area contributed by atoms with Gasteiger partial charge in [0.15, 0.2) is 9.84 Å². The summed E-state index contributed by atoms with van der Waals surface area (Å²) in [5.41, 5.74) is 0. The summed E-state index contributed by atoms with van der Waals surface area (Å²) in [7, 11) is -3.23. The van der Waals surface area contributed by atoms with Crippen LogP contribution in [0.5, 0.6) is 0 Å². The number of rotatable bonds is 9. The molecule has 1 unspecified atom stereocenters. The van der Waals surface area contributed by atoms with E-state index in [9.17, 15) is 13.2 Å². The van der Waals surface area contributed by atoms with Crippen LogP contribution in [0, 0.1) is 0 Å². The highest BCUT2D eigenvalue weighted by Crippen LogP contribution is 2.15. The third-order valence-electron chi connectivity index (χ3n) is 2.64. The smallest absolute Gasteiger partial charge is 0.304 e. The molecule has 96 valence electrons. The summed E-state index contributed by atoms with van der Waals surface area (Å²) in [5.74, 6) is -1.04. The van der Waals surface area contributed by atoms with E-state index >= 15 is 0 Å². The summed E-state index contributed by atoms with van der Waals surface area (Å²) in [6.45, 7) is 2.11. The first-order valence-corrected chi connectivity index (χ1v) is 7.74. The molecule has 0 aromatic carbocycles. The van der Waals surface area contributed by atoms with Crippen LogP contribution in [0.25, 0.3) is 0 Å². The molecule has 0 aliphatic heterocycles. The first-order valence-electron chi connectivity index (χ1n) is 5.78. The Morgan fingerprint density at radius 2 is 1.75 bits per heavy atom. The monoisotopic (exact) mass is 250 g/mol. The van der Waals surface area contributed by atoms with E-state index in [4.69, 9.17) is 5.11 Å². The van der Waals surface area contributed by atoms with Crippen molar-refractivity contribution in [1.29, 1.82) is 0 Å². The maximum atomic E-state index is 11.3. The number of carboxylic acid groups (broad SMARTS) is 1. The van der Waals surface area contributed by atoms with Gasteiger partial charge in [0.1, 0.15) is 0 Å². The van der Waals surface area contributed by atoms with Crippen LogP contribution < -0.4 is 0 Å². The standard InChI is InChI=1S/C11H22O4S/c1-3-4-5-6-7-8-10(9-11(12)13)16(2,14)15/h10H,3-9H2,1-2H3,(H,12,13). The van der Waals surface area contributed by atoms with Crippen LogP contribution in [-0.4, -0.2) is 31.0 Å². The van der Waals surface area contributed by atoms with E-state index in [1.54, 1.807) is 0 Å². The normalized spacial score (nSPS) is 13.6. The number of carboxylic acids is 1. The zero-order chi connectivity index (χ0) is 12.6. The lowest BCUT2D eigenvalue weighted by Gasteiger charge is -2.12. The average Bonchev–Trinajstić information content (AvgIpc) is 2.13. The molecule has 0 bridgehead atoms. The molecule has 0 amide bonds. The molecular weight excluding hydrogens is 228 g/mol. The van der Waals surface area contributed by atoms with Gasteiger partial charge in [-0.2, -0.15) is 0 Å². The molecule has 0 radical (unpaired) electrons. The van der Waals surface area contributed by atoms with Gasteiger partial charge in [-0.1, -0.05) is 39.0 Å². The number of carbonyl (C=O) groups is 1. The van der Waals surface area contributed by atoms with E-state index in [0.717, 1.165) is 38.4 Å². The molecular formula is C11H22O4S. The summed E-state index contributed by atoms with van der Waals surface area (Å²) in [6.07, 6.45) is 6.49. The summed E-state index contributed by atoms with van der Waals surface area (Å²) in [4.78, 5) is 10.5. The number of sulfone groups is 1. The van der Waals surface area contributed by atoms with Crippen LogP contribution in [0.1, 0.15) is 51.9 Å². The van der Waals surface area contributed by atoms with Crippen molar-refractivity contribution in [2.24, 2.45) is 0 Å². The van der Waals surface area contributed by atoms with Crippen molar-refractivity contribution in [1.82, 2.24) is 0 Å². The van der Waals surface area contributed by atoms with Gasteiger partial charge >= 0.3 is 5.97 Å². The largest absolute Gasteiger partial charge is 0.481 e. The fourth-order valence-electron chi connectivity index (χ4n) is 1.64. The molecule has 0 aliphatic rings. The Morgan fingerprint density at radius 1 is 1.19 bits per heavy atom. The fraction of sp³-hybridized carbons (Fsp3) is 0.909. The molecule has 0 rings (SSSR count). The lowest BCUT2D eigenvalue weighted by Crippen LogP contribution is -2.23. The van der Waals surface area contributed by atoms with Crippen LogP contribution in [0.2, 0.25) is 0 Å². The van der Waals surface area contributed by atoms with E-state index < -0.39 is 21.1 Å². The van der Waals surface area contributed by atoms with Gasteiger partial charge in [-0.05, 0) is 6.42 Å². The predicted molar refractivity (Wildman–Crippen MR) is 64.3 cm³/mol. The van der Waals surface area contributed by atoms with Crippen LogP contribution in [0.15, 0.2) is 0 Å². The predicted octanol–water partition coefficient (Wildman–Crippen LogP) is 2.23. The van der Waals surface area contributed by atoms with Crippen molar-refractivity contribution >= 4 is 15.8 Å². The fourth-order valence-corrected chi connectivity index (χ4v) is 2.68. The molecule has 0 aromatic heterocycles. The molecule has 4 nitrogen and oxygen atoms in total. The molecule has 1 atom stereocenters. The van der Waals surface area contributed by atoms with Crippen molar-refractivity contribution in [3.63, 3.8) is 0 Å². The maximum Gasteiger partial charge on any atom is 0.304 e. The van der Waals surface area contributed by atoms with Crippen molar-refractivity contribution in [3.8, 4) is 0 Å². The highest BCUT2D eigenvalue weighted by Gasteiger charge is 2.22. The second-order valence-electron chi connectivity index (χ2n) is 4.25. The SMILES string of the molecule is CCCCCCCC(CC(=O)O)S(C)(=O)=O. The van der Waals surface area contributed by atoms with Crippen molar-refractivity contribution in [3.05, 3.63) is 0 Å². The highest BCUT2D eigenvalue weighted by atomic mass is 32.2. The topological polar surface area (TPSA) is 71.4 Å². The number of aliphatic carboxylic acids is 1. The van der Waals surface area contributed by atoms with E-state index in [1.807, 2.05) is 0 Å². The Hall–Kier alpha value is -0.580. The van der Waals surface area contributed by atoms with Gasteiger partial charge in [0.2, 0.25) is 0 Å². The van der Waals surface area contributed by atoms with Gasteiger partial charge in [0, 0.05) is 6.26 Å². The Kier molecular flexibility index (Phi) is 7.38. The molecule has 5 heteroatoms. The minimum absolute atomic E-state index is 0.271. The summed E-state index contributed by atoms with van der Waals surface area (Å²) in [5, 5.41) is 7.91. The lowest BCUT2D eigenvalue weighted by molar-refractivity contribution is -0.137. The van der Waals surface area contributed by atoms with Gasteiger partial charge in [-0.3, -0.25) is 4.79 Å². The molecule has 0 aromatic rings. The molecule has 16 heavy (non-hydrogen) atoms. The van der Waals surface area contributed by atoms with Crippen molar-refractivity contribution < 1.29 is 18.3 Å². The Morgan fingerprint density at radius 3 is 2.19 bits per heavy atom. The zero-order valence-electron chi connectivity index (χ0n) is 10.1. The van der Waals surface area contributed by atoms with E-state index in [2.05, 4.69) is 6.92 Å². The summed E-state index contributed by atoms with van der Waals surface area (Å²) < 4.78 is 22.6. The second-order valence-corrected chi connectivity index (χ2v) is 6.58. The highest BCUT2D eigenvalue weighted by molar-refractivity contribution is 7.91. The average molecular weight is 250 g/mol. The molecule has 0 spiro atoms. The number of hydrogen-bond donors (Lipinski definition) is 1. The Bertz CT molecular complexity index is 295. The number of unbranched alkanes of at least 4 members (excludes halogenated alkanes) is 4. The van der Waals surface area contributed by atoms with Gasteiger partial charge in [0.25, 0.3) is 0 Å². The van der Waals surface area contributed by atoms with Crippen LogP contribution >= 0.6 is 0 Å². The Labute approximate surface area is 98.0 Å². The van der Waals surface area contributed by atoms with E-state index in [-0.39, 0.29) is 6.42 Å². The van der Waals surface area contributed by atoms with Gasteiger partial charge < -0.3 is 5.11 Å². The van der Waals surface area contributed by atoms with Crippen LogP contribution in [0.4, 0.5) is 0 Å². The van der Waals surface area contributed by atoms with E-state index in [0.29, 0.717) is 6.42 Å². The maximum absolute atomic E-state index is 11.3. The van der Waals surface area contributed by atoms with Crippen LogP contribution in [0.3, 0.4) is 0 Å². The lowest BCUT2D eigenvalue weighted by atomic mass is 10.1. The molecule has 1 N–H and O–H groups in total. The van der Waals surface area contributed by atoms with Gasteiger partial charge in [0.05, 0.1) is 11.7 Å². The van der Waals surface area contributed by atoms with Crippen molar-refractivity contribution in [2.45, 2.75) is 57.1 Å². The van der Waals surface area contributed by atoms with Gasteiger partial charge in [-0.15, -0.1) is 0 Å². The summed E-state index contributed by atoms with van der Waals surface area (Å²) in [6, 6.07) is 0. The molecule has 0 fully saturated rings. The third-order valence-corrected chi connectivity index (χ3v) is 4.25. The van der Waals surface area contributed by atoms with Crippen LogP contribution in [-0.2, 0) is 14.6 Å². The van der Waals surface area contributed by atoms with Gasteiger partial charge in [-0.25, -0.2) is 8.42 Å². The summed E-state index contributed by atoms with van der Waals surface area (Å²) >= 11 is 0. The first kappa shape index (κ1) is 15.4. The molecule has 0 heterocycles. The third kappa shape index (κ3) is 7.68. The molecule has 0 saturated heterocycles. The zero-order valence-corrected chi connectivity index (χ0v) is 10.9. The van der Waals surface area contributed by atoms with E-state index in [1.165, 1.54) is 0 Å². The Balaban J connectivity index is 3.99.